The van der Waals surface area contributed by atoms with Crippen molar-refractivity contribution in [3.05, 3.63) is 70.7 Å². The first-order valence-corrected chi connectivity index (χ1v) is 11.5. The maximum absolute atomic E-state index is 12.4. The number of benzene rings is 2. The quantitative estimate of drug-likeness (QED) is 0.577. The summed E-state index contributed by atoms with van der Waals surface area (Å²) in [6.45, 7) is 0.632. The number of carboxylic acid groups (broad SMARTS) is 1. The van der Waals surface area contributed by atoms with Crippen LogP contribution in [0.1, 0.15) is 29.2 Å². The predicted octanol–water partition coefficient (Wildman–Crippen LogP) is 3.73. The Bertz CT molecular complexity index is 1190. The molecule has 1 aliphatic carbocycles. The summed E-state index contributed by atoms with van der Waals surface area (Å²) < 4.78 is 5.52. The lowest BCUT2D eigenvalue weighted by atomic mass is 9.98. The van der Waals surface area contributed by atoms with Gasteiger partial charge in [0, 0.05) is 17.8 Å². The van der Waals surface area contributed by atoms with Gasteiger partial charge in [0.25, 0.3) is 0 Å². The van der Waals surface area contributed by atoms with Crippen LogP contribution in [0.3, 0.4) is 0 Å². The van der Waals surface area contributed by atoms with Crippen molar-refractivity contribution < 1.29 is 24.2 Å². The normalized spacial score (nSPS) is 16.5. The highest BCUT2D eigenvalue weighted by Crippen LogP contribution is 2.44. The highest BCUT2D eigenvalue weighted by atomic mass is 32.1. The van der Waals surface area contributed by atoms with E-state index in [1.807, 2.05) is 24.3 Å². The Morgan fingerprint density at radius 1 is 1.09 bits per heavy atom. The minimum atomic E-state index is -0.995. The third-order valence-corrected chi connectivity index (χ3v) is 6.87. The van der Waals surface area contributed by atoms with Crippen LogP contribution in [0, 0.1) is 0 Å². The number of fused-ring (bicyclic) bond motifs is 3. The Hall–Kier alpha value is -3.72. The van der Waals surface area contributed by atoms with Gasteiger partial charge in [0.15, 0.2) is 5.13 Å². The van der Waals surface area contributed by atoms with Crippen molar-refractivity contribution in [1.29, 1.82) is 0 Å². The first kappa shape index (κ1) is 21.1. The maximum Gasteiger partial charge on any atom is 0.413 e. The van der Waals surface area contributed by atoms with Crippen molar-refractivity contribution in [2.45, 2.75) is 24.8 Å². The lowest BCUT2D eigenvalue weighted by molar-refractivity contribution is -0.156. The summed E-state index contributed by atoms with van der Waals surface area (Å²) in [7, 11) is 0. The summed E-state index contributed by atoms with van der Waals surface area (Å²) in [4.78, 5) is 41.4. The molecule has 33 heavy (non-hydrogen) atoms. The maximum atomic E-state index is 12.4. The van der Waals surface area contributed by atoms with Crippen LogP contribution in [0.5, 0.6) is 0 Å². The first-order valence-electron chi connectivity index (χ1n) is 10.6. The van der Waals surface area contributed by atoms with E-state index in [1.165, 1.54) is 16.2 Å². The molecule has 5 rings (SSSR count). The molecule has 168 valence electrons. The number of carboxylic acids is 1. The Labute approximate surface area is 193 Å². The largest absolute Gasteiger partial charge is 0.480 e. The first-order chi connectivity index (χ1) is 16.0. The molecule has 2 aromatic carbocycles. The molecule has 1 unspecified atom stereocenters. The number of carbonyl (C=O) groups excluding carboxylic acids is 2. The van der Waals surface area contributed by atoms with Crippen molar-refractivity contribution in [3.8, 4) is 11.1 Å². The van der Waals surface area contributed by atoms with E-state index in [4.69, 9.17) is 9.84 Å². The molecule has 2 aliphatic rings. The zero-order valence-electron chi connectivity index (χ0n) is 17.6. The van der Waals surface area contributed by atoms with Crippen LogP contribution in [-0.2, 0) is 20.7 Å². The van der Waals surface area contributed by atoms with Crippen LogP contribution in [-0.4, -0.2) is 52.2 Å². The van der Waals surface area contributed by atoms with Gasteiger partial charge in [-0.1, -0.05) is 48.5 Å². The molecule has 1 fully saturated rings. The Kier molecular flexibility index (Phi) is 5.55. The number of aliphatic carboxylic acids is 1. The van der Waals surface area contributed by atoms with E-state index in [0.717, 1.165) is 22.3 Å². The Morgan fingerprint density at radius 3 is 2.36 bits per heavy atom. The number of ether oxygens (including phenoxy) is 1. The lowest BCUT2D eigenvalue weighted by Gasteiger charge is -2.37. The number of anilines is 1. The standard InChI is InChI=1S/C24H21N3O5S/c28-21(27-10-9-20(27)22(29)30)11-14-13-33-23(25-14)26-24(31)32-12-19-17-7-3-1-5-15(17)16-6-2-4-8-18(16)19/h1-8,13,19-20H,9-12H2,(H,29,30)(H,25,26,31). The van der Waals surface area contributed by atoms with Gasteiger partial charge in [0.1, 0.15) is 12.6 Å². The third kappa shape index (κ3) is 4.07. The number of thiazole rings is 1. The minimum Gasteiger partial charge on any atom is -0.480 e. The van der Waals surface area contributed by atoms with Gasteiger partial charge in [0.05, 0.1) is 12.1 Å². The van der Waals surface area contributed by atoms with Crippen LogP contribution in [0.4, 0.5) is 9.93 Å². The number of nitrogens with one attached hydrogen (secondary N) is 1. The van der Waals surface area contributed by atoms with Crippen molar-refractivity contribution in [2.75, 3.05) is 18.5 Å². The van der Waals surface area contributed by atoms with Gasteiger partial charge in [-0.2, -0.15) is 0 Å². The number of rotatable bonds is 6. The monoisotopic (exact) mass is 463 g/mol. The van der Waals surface area contributed by atoms with E-state index in [1.54, 1.807) is 5.38 Å². The second-order valence-electron chi connectivity index (χ2n) is 8.00. The summed E-state index contributed by atoms with van der Waals surface area (Å²) >= 11 is 1.19. The molecule has 2 N–H and O–H groups in total. The van der Waals surface area contributed by atoms with Crippen molar-refractivity contribution in [1.82, 2.24) is 9.88 Å². The van der Waals surface area contributed by atoms with Crippen LogP contribution >= 0.6 is 11.3 Å². The third-order valence-electron chi connectivity index (χ3n) is 6.06. The van der Waals surface area contributed by atoms with Crippen molar-refractivity contribution in [3.63, 3.8) is 0 Å². The summed E-state index contributed by atoms with van der Waals surface area (Å²) in [5.41, 5.74) is 5.06. The fourth-order valence-electron chi connectivity index (χ4n) is 4.37. The van der Waals surface area contributed by atoms with Gasteiger partial charge in [0.2, 0.25) is 5.91 Å². The van der Waals surface area contributed by atoms with Crippen molar-refractivity contribution >= 4 is 34.4 Å². The van der Waals surface area contributed by atoms with Gasteiger partial charge >= 0.3 is 12.1 Å². The van der Waals surface area contributed by atoms with E-state index in [0.29, 0.717) is 23.8 Å². The molecule has 9 heteroatoms. The molecule has 1 aliphatic heterocycles. The van der Waals surface area contributed by atoms with Gasteiger partial charge in [-0.25, -0.2) is 14.6 Å². The van der Waals surface area contributed by atoms with Crippen LogP contribution in [0.2, 0.25) is 0 Å². The topological polar surface area (TPSA) is 109 Å². The molecule has 3 aromatic rings. The summed E-state index contributed by atoms with van der Waals surface area (Å²) in [6.07, 6.45) is -0.155. The molecule has 2 amide bonds. The predicted molar refractivity (Wildman–Crippen MR) is 122 cm³/mol. The molecule has 1 saturated heterocycles. The molecular formula is C24H21N3O5S. The van der Waals surface area contributed by atoms with E-state index in [9.17, 15) is 14.4 Å². The summed E-state index contributed by atoms with van der Waals surface area (Å²) in [6, 6.07) is 15.5. The molecule has 0 radical (unpaired) electrons. The highest BCUT2D eigenvalue weighted by Gasteiger charge is 2.37. The van der Waals surface area contributed by atoms with Gasteiger partial charge in [-0.05, 0) is 28.7 Å². The average molecular weight is 464 g/mol. The lowest BCUT2D eigenvalue weighted by Crippen LogP contribution is -2.55. The minimum absolute atomic E-state index is 0.00729. The average Bonchev–Trinajstić information content (AvgIpc) is 3.33. The molecule has 0 bridgehead atoms. The highest BCUT2D eigenvalue weighted by molar-refractivity contribution is 7.13. The summed E-state index contributed by atoms with van der Waals surface area (Å²) in [5, 5.41) is 13.7. The zero-order chi connectivity index (χ0) is 22.9. The fraction of sp³-hybridized carbons (Fsp3) is 0.250. The molecule has 1 aromatic heterocycles. The number of hydrogen-bond acceptors (Lipinski definition) is 6. The zero-order valence-corrected chi connectivity index (χ0v) is 18.4. The van der Waals surface area contributed by atoms with Crippen molar-refractivity contribution in [2.24, 2.45) is 0 Å². The van der Waals surface area contributed by atoms with Gasteiger partial charge in [-0.3, -0.25) is 10.1 Å². The van der Waals surface area contributed by atoms with Crippen LogP contribution in [0.25, 0.3) is 11.1 Å². The molecule has 0 saturated carbocycles. The number of nitrogens with zero attached hydrogens (tertiary/aromatic N) is 2. The molecule has 1 atom stereocenters. The van der Waals surface area contributed by atoms with Gasteiger partial charge in [-0.15, -0.1) is 11.3 Å². The number of likely N-dealkylation sites (tertiary alicyclic amines) is 1. The number of aromatic nitrogens is 1. The molecule has 0 spiro atoms. The fourth-order valence-corrected chi connectivity index (χ4v) is 5.06. The molecule has 8 nitrogen and oxygen atoms in total. The van der Waals surface area contributed by atoms with E-state index < -0.39 is 18.1 Å². The second kappa shape index (κ2) is 8.67. The Morgan fingerprint density at radius 2 is 1.76 bits per heavy atom. The smallest absolute Gasteiger partial charge is 0.413 e. The summed E-state index contributed by atoms with van der Waals surface area (Å²) in [5.74, 6) is -1.32. The SMILES string of the molecule is O=C(Nc1nc(CC(=O)N2CCC2C(=O)O)cs1)OCC1c2ccccc2-c2ccccc21. The number of amides is 2. The number of carbonyl (C=O) groups is 3. The Balaban J connectivity index is 1.18. The van der Waals surface area contributed by atoms with Gasteiger partial charge < -0.3 is 14.7 Å². The second-order valence-corrected chi connectivity index (χ2v) is 8.86. The van der Waals surface area contributed by atoms with E-state index in [2.05, 4.69) is 34.6 Å². The molecular weight excluding hydrogens is 442 g/mol. The van der Waals surface area contributed by atoms with E-state index >= 15 is 0 Å². The molecule has 2 heterocycles. The number of hydrogen-bond donors (Lipinski definition) is 2. The van der Waals surface area contributed by atoms with Crippen LogP contribution < -0.4 is 5.32 Å². The van der Waals surface area contributed by atoms with Crippen LogP contribution in [0.15, 0.2) is 53.9 Å². The van der Waals surface area contributed by atoms with E-state index in [-0.39, 0.29) is 24.9 Å².